The summed E-state index contributed by atoms with van der Waals surface area (Å²) in [7, 11) is 0. The van der Waals surface area contributed by atoms with Crippen LogP contribution in [0.15, 0.2) is 40.9 Å². The SMILES string of the molecule is Cc1cc(OCC(=O)Nc2ccccc2C(=O)NC(C)C)cc(C)c1Br. The Morgan fingerprint density at radius 3 is 2.35 bits per heavy atom. The molecule has 0 aliphatic rings. The number of hydrogen-bond donors (Lipinski definition) is 2. The number of carbonyl (C=O) groups is 2. The Kier molecular flexibility index (Phi) is 6.80. The Balaban J connectivity index is 2.03. The Morgan fingerprint density at radius 1 is 1.12 bits per heavy atom. The fraction of sp³-hybridized carbons (Fsp3) is 0.300. The molecule has 2 amide bonds. The lowest BCUT2D eigenvalue weighted by atomic mass is 10.1. The Labute approximate surface area is 162 Å². The third kappa shape index (κ3) is 5.33. The lowest BCUT2D eigenvalue weighted by Gasteiger charge is -2.14. The van der Waals surface area contributed by atoms with E-state index in [-0.39, 0.29) is 24.5 Å². The van der Waals surface area contributed by atoms with Crippen LogP contribution in [0.1, 0.15) is 35.3 Å². The van der Waals surface area contributed by atoms with Gasteiger partial charge in [0.1, 0.15) is 5.75 Å². The molecule has 0 aliphatic carbocycles. The molecule has 26 heavy (non-hydrogen) atoms. The number of carbonyl (C=O) groups excluding carboxylic acids is 2. The van der Waals surface area contributed by atoms with Crippen molar-refractivity contribution in [2.75, 3.05) is 11.9 Å². The molecule has 0 aromatic heterocycles. The van der Waals surface area contributed by atoms with E-state index in [9.17, 15) is 9.59 Å². The molecular formula is C20H23BrN2O3. The first-order valence-corrected chi connectivity index (χ1v) is 9.16. The van der Waals surface area contributed by atoms with Crippen molar-refractivity contribution in [3.05, 3.63) is 57.6 Å². The van der Waals surface area contributed by atoms with Gasteiger partial charge in [0.15, 0.2) is 6.61 Å². The topological polar surface area (TPSA) is 67.4 Å². The van der Waals surface area contributed by atoms with Crippen LogP contribution in [-0.2, 0) is 4.79 Å². The molecule has 0 unspecified atom stereocenters. The van der Waals surface area contributed by atoms with E-state index in [0.29, 0.717) is 17.0 Å². The van der Waals surface area contributed by atoms with Gasteiger partial charge >= 0.3 is 0 Å². The maximum atomic E-state index is 12.2. The lowest BCUT2D eigenvalue weighted by Crippen LogP contribution is -2.31. The van der Waals surface area contributed by atoms with E-state index in [1.165, 1.54) is 0 Å². The van der Waals surface area contributed by atoms with Crippen molar-refractivity contribution in [1.29, 1.82) is 0 Å². The van der Waals surface area contributed by atoms with E-state index >= 15 is 0 Å². The maximum absolute atomic E-state index is 12.2. The predicted octanol–water partition coefficient (Wildman–Crippen LogP) is 4.22. The highest BCUT2D eigenvalue weighted by Crippen LogP contribution is 2.26. The second-order valence-electron chi connectivity index (χ2n) is 6.38. The first-order chi connectivity index (χ1) is 12.3. The minimum absolute atomic E-state index is 0.0125. The van der Waals surface area contributed by atoms with Crippen LogP contribution in [0.3, 0.4) is 0 Å². The van der Waals surface area contributed by atoms with E-state index < -0.39 is 0 Å². The fourth-order valence-electron chi connectivity index (χ4n) is 2.45. The number of rotatable bonds is 6. The van der Waals surface area contributed by atoms with Crippen molar-refractivity contribution in [2.24, 2.45) is 0 Å². The minimum atomic E-state index is -0.326. The summed E-state index contributed by atoms with van der Waals surface area (Å²) in [6.07, 6.45) is 0. The Hall–Kier alpha value is -2.34. The molecule has 0 spiro atoms. The molecule has 0 atom stereocenters. The molecule has 0 saturated carbocycles. The zero-order valence-corrected chi connectivity index (χ0v) is 16.9. The van der Waals surface area contributed by atoms with Gasteiger partial charge in [-0.1, -0.05) is 28.1 Å². The molecule has 2 aromatic rings. The van der Waals surface area contributed by atoms with Crippen LogP contribution in [0.5, 0.6) is 5.75 Å². The van der Waals surface area contributed by atoms with E-state index in [4.69, 9.17) is 4.74 Å². The third-order valence-electron chi connectivity index (χ3n) is 3.65. The summed E-state index contributed by atoms with van der Waals surface area (Å²) < 4.78 is 6.62. The zero-order chi connectivity index (χ0) is 19.3. The molecule has 2 N–H and O–H groups in total. The normalized spacial score (nSPS) is 10.5. The first kappa shape index (κ1) is 20.0. The molecule has 0 aliphatic heterocycles. The molecule has 5 nitrogen and oxygen atoms in total. The number of amides is 2. The van der Waals surface area contributed by atoms with Gasteiger partial charge < -0.3 is 15.4 Å². The number of halogens is 1. The van der Waals surface area contributed by atoms with Crippen LogP contribution in [0, 0.1) is 13.8 Å². The van der Waals surface area contributed by atoms with Crippen molar-refractivity contribution in [1.82, 2.24) is 5.32 Å². The molecule has 2 rings (SSSR count). The third-order valence-corrected chi connectivity index (χ3v) is 4.90. The highest BCUT2D eigenvalue weighted by molar-refractivity contribution is 9.10. The van der Waals surface area contributed by atoms with Gasteiger partial charge in [-0.25, -0.2) is 0 Å². The van der Waals surface area contributed by atoms with Crippen molar-refractivity contribution < 1.29 is 14.3 Å². The second-order valence-corrected chi connectivity index (χ2v) is 7.17. The van der Waals surface area contributed by atoms with Gasteiger partial charge in [0, 0.05) is 10.5 Å². The molecule has 138 valence electrons. The quantitative estimate of drug-likeness (QED) is 0.737. The summed E-state index contributed by atoms with van der Waals surface area (Å²) >= 11 is 3.50. The van der Waals surface area contributed by atoms with Gasteiger partial charge in [0.05, 0.1) is 11.3 Å². The highest BCUT2D eigenvalue weighted by atomic mass is 79.9. The summed E-state index contributed by atoms with van der Waals surface area (Å²) in [5, 5.41) is 5.56. The van der Waals surface area contributed by atoms with Crippen LogP contribution < -0.4 is 15.4 Å². The van der Waals surface area contributed by atoms with Crippen LogP contribution in [0.25, 0.3) is 0 Å². The van der Waals surface area contributed by atoms with Crippen LogP contribution in [-0.4, -0.2) is 24.5 Å². The largest absolute Gasteiger partial charge is 0.484 e. The van der Waals surface area contributed by atoms with Crippen LogP contribution in [0.4, 0.5) is 5.69 Å². The molecule has 2 aromatic carbocycles. The summed E-state index contributed by atoms with van der Waals surface area (Å²) in [5.74, 6) is 0.0770. The standard InChI is InChI=1S/C20H23BrN2O3/c1-12(2)22-20(25)16-7-5-6-8-17(16)23-18(24)11-26-15-9-13(3)19(21)14(4)10-15/h5-10,12H,11H2,1-4H3,(H,22,25)(H,23,24). The van der Waals surface area contributed by atoms with Gasteiger partial charge in [-0.2, -0.15) is 0 Å². The Morgan fingerprint density at radius 2 is 1.73 bits per heavy atom. The van der Waals surface area contributed by atoms with E-state index in [0.717, 1.165) is 15.6 Å². The van der Waals surface area contributed by atoms with Crippen LogP contribution >= 0.6 is 15.9 Å². The number of para-hydroxylation sites is 1. The van der Waals surface area contributed by atoms with Gasteiger partial charge in [0.2, 0.25) is 0 Å². The summed E-state index contributed by atoms with van der Waals surface area (Å²) in [6, 6.07) is 10.6. The van der Waals surface area contributed by atoms with Crippen LogP contribution in [0.2, 0.25) is 0 Å². The molecule has 6 heteroatoms. The number of hydrogen-bond acceptors (Lipinski definition) is 3. The number of anilines is 1. The molecular weight excluding hydrogens is 396 g/mol. The Bertz CT molecular complexity index is 795. The van der Waals surface area contributed by atoms with Crippen molar-refractivity contribution in [3.8, 4) is 5.75 Å². The summed E-state index contributed by atoms with van der Waals surface area (Å²) in [5.41, 5.74) is 2.96. The molecule has 0 fully saturated rings. The highest BCUT2D eigenvalue weighted by Gasteiger charge is 2.14. The van der Waals surface area contributed by atoms with Gasteiger partial charge in [0.25, 0.3) is 11.8 Å². The van der Waals surface area contributed by atoms with E-state index in [1.54, 1.807) is 24.3 Å². The monoisotopic (exact) mass is 418 g/mol. The van der Waals surface area contributed by atoms with Gasteiger partial charge in [-0.05, 0) is 63.1 Å². The molecule has 0 radical (unpaired) electrons. The maximum Gasteiger partial charge on any atom is 0.262 e. The number of benzene rings is 2. The summed E-state index contributed by atoms with van der Waals surface area (Å²) in [6.45, 7) is 7.56. The average molecular weight is 419 g/mol. The smallest absolute Gasteiger partial charge is 0.262 e. The minimum Gasteiger partial charge on any atom is -0.484 e. The van der Waals surface area contributed by atoms with Crippen molar-refractivity contribution >= 4 is 33.4 Å². The second kappa shape index (κ2) is 8.85. The number of ether oxygens (including phenoxy) is 1. The molecule has 0 heterocycles. The number of nitrogens with one attached hydrogen (secondary N) is 2. The van der Waals surface area contributed by atoms with E-state index in [1.807, 2.05) is 39.8 Å². The zero-order valence-electron chi connectivity index (χ0n) is 15.4. The van der Waals surface area contributed by atoms with Crippen molar-refractivity contribution in [3.63, 3.8) is 0 Å². The molecule has 0 bridgehead atoms. The van der Waals surface area contributed by atoms with Gasteiger partial charge in [-0.15, -0.1) is 0 Å². The molecule has 0 saturated heterocycles. The van der Waals surface area contributed by atoms with Gasteiger partial charge in [-0.3, -0.25) is 9.59 Å². The predicted molar refractivity (Wildman–Crippen MR) is 107 cm³/mol. The average Bonchev–Trinajstić information content (AvgIpc) is 2.57. The summed E-state index contributed by atoms with van der Waals surface area (Å²) in [4.78, 5) is 24.5. The first-order valence-electron chi connectivity index (χ1n) is 8.37. The number of aryl methyl sites for hydroxylation is 2. The lowest BCUT2D eigenvalue weighted by molar-refractivity contribution is -0.118. The van der Waals surface area contributed by atoms with Crippen molar-refractivity contribution in [2.45, 2.75) is 33.7 Å². The van der Waals surface area contributed by atoms with E-state index in [2.05, 4.69) is 26.6 Å². The fourth-order valence-corrected chi connectivity index (χ4v) is 2.68.